The maximum atomic E-state index is 13.8. The maximum Gasteiger partial charge on any atom is 0.322 e. The number of nitrogens with zero attached hydrogens (tertiary/aromatic N) is 1. The van der Waals surface area contributed by atoms with Crippen LogP contribution in [-0.4, -0.2) is 17.0 Å². The number of nitrogens with one attached hydrogen (secondary N) is 1. The molecule has 0 saturated heterocycles. The minimum Gasteiger partial charge on any atom is -0.317 e. The second kappa shape index (κ2) is 11.6. The molecule has 0 unspecified atom stereocenters. The van der Waals surface area contributed by atoms with Crippen molar-refractivity contribution in [2.24, 2.45) is 0 Å². The molecule has 4 rings (SSSR count). The zero-order chi connectivity index (χ0) is 23.9. The third-order valence-electron chi connectivity index (χ3n) is 7.20. The molecule has 0 radical (unpaired) electrons. The number of rotatable bonds is 7. The van der Waals surface area contributed by atoms with Crippen molar-refractivity contribution in [2.75, 3.05) is 5.32 Å². The molecular weight excluding hydrogens is 440 g/mol. The van der Waals surface area contributed by atoms with E-state index in [1.807, 2.05) is 29.2 Å². The van der Waals surface area contributed by atoms with E-state index >= 15 is 0 Å². The van der Waals surface area contributed by atoms with Gasteiger partial charge in [0, 0.05) is 23.3 Å². The van der Waals surface area contributed by atoms with Crippen LogP contribution in [0.25, 0.3) is 0 Å². The lowest BCUT2D eigenvalue weighted by Crippen LogP contribution is -2.44. The fourth-order valence-electron chi connectivity index (χ4n) is 5.20. The van der Waals surface area contributed by atoms with Crippen molar-refractivity contribution in [3.8, 4) is 0 Å². The molecule has 1 aliphatic rings. The van der Waals surface area contributed by atoms with Gasteiger partial charge < -0.3 is 10.2 Å². The van der Waals surface area contributed by atoms with Gasteiger partial charge in [-0.25, -0.2) is 4.79 Å². The number of hydrogen-bond donors (Lipinski definition) is 1. The Morgan fingerprint density at radius 3 is 2.03 bits per heavy atom. The second-order valence-electron chi connectivity index (χ2n) is 9.22. The highest BCUT2D eigenvalue weighted by atomic mass is 35.5. The topological polar surface area (TPSA) is 32.3 Å². The Morgan fingerprint density at radius 2 is 1.41 bits per heavy atom. The predicted octanol–water partition coefficient (Wildman–Crippen LogP) is 8.23. The van der Waals surface area contributed by atoms with Crippen LogP contribution >= 0.6 is 11.6 Å². The van der Waals surface area contributed by atoms with Crippen LogP contribution in [0.15, 0.2) is 72.8 Å². The standard InChI is InChI=1S/C30H35ClN2O/c1-3-22-14-10-15-23(4-2)29(22)32-30(34)33(21-26-13-8-9-16-28(26)31)27-19-17-25(18-20-27)24-11-6-5-7-12-24/h5-16,25,27H,3-4,17-21H2,1-2H3,(H,32,34). The van der Waals surface area contributed by atoms with Crippen molar-refractivity contribution in [1.82, 2.24) is 4.90 Å². The van der Waals surface area contributed by atoms with E-state index in [1.54, 1.807) is 0 Å². The van der Waals surface area contributed by atoms with E-state index in [4.69, 9.17) is 11.6 Å². The first-order valence-corrected chi connectivity index (χ1v) is 12.9. The first-order chi connectivity index (χ1) is 16.6. The number of amides is 2. The highest BCUT2D eigenvalue weighted by Gasteiger charge is 2.30. The highest BCUT2D eigenvalue weighted by molar-refractivity contribution is 6.31. The minimum atomic E-state index is -0.0290. The lowest BCUT2D eigenvalue weighted by atomic mass is 9.81. The van der Waals surface area contributed by atoms with Gasteiger partial charge in [0.25, 0.3) is 0 Å². The van der Waals surface area contributed by atoms with Crippen molar-refractivity contribution in [3.05, 3.63) is 100 Å². The van der Waals surface area contributed by atoms with Gasteiger partial charge in [-0.2, -0.15) is 0 Å². The third kappa shape index (κ3) is 5.64. The zero-order valence-corrected chi connectivity index (χ0v) is 21.0. The fourth-order valence-corrected chi connectivity index (χ4v) is 5.40. The summed E-state index contributed by atoms with van der Waals surface area (Å²) in [6.45, 7) is 4.79. The Kier molecular flexibility index (Phi) is 8.29. The molecule has 3 aromatic rings. The highest BCUT2D eigenvalue weighted by Crippen LogP contribution is 2.36. The van der Waals surface area contributed by atoms with Crippen LogP contribution in [0.2, 0.25) is 5.02 Å². The van der Waals surface area contributed by atoms with Crippen LogP contribution in [0.5, 0.6) is 0 Å². The van der Waals surface area contributed by atoms with Crippen molar-refractivity contribution in [2.45, 2.75) is 70.9 Å². The van der Waals surface area contributed by atoms with Gasteiger partial charge in [-0.3, -0.25) is 0 Å². The summed E-state index contributed by atoms with van der Waals surface area (Å²) in [6, 6.07) is 25.1. The summed E-state index contributed by atoms with van der Waals surface area (Å²) in [4.78, 5) is 15.8. The molecule has 4 heteroatoms. The number of anilines is 1. The summed E-state index contributed by atoms with van der Waals surface area (Å²) in [5, 5.41) is 4.01. The van der Waals surface area contributed by atoms with Gasteiger partial charge in [-0.05, 0) is 72.8 Å². The Hall–Kier alpha value is -2.78. The predicted molar refractivity (Wildman–Crippen MR) is 143 cm³/mol. The average molecular weight is 475 g/mol. The van der Waals surface area contributed by atoms with Gasteiger partial charge in [-0.1, -0.05) is 92.2 Å². The van der Waals surface area contributed by atoms with E-state index in [2.05, 4.69) is 67.7 Å². The Morgan fingerprint density at radius 1 is 0.824 bits per heavy atom. The van der Waals surface area contributed by atoms with Gasteiger partial charge in [0.15, 0.2) is 0 Å². The number of hydrogen-bond acceptors (Lipinski definition) is 1. The quantitative estimate of drug-likeness (QED) is 0.367. The molecule has 3 aromatic carbocycles. The maximum absolute atomic E-state index is 13.8. The number of aryl methyl sites for hydroxylation is 2. The van der Waals surface area contributed by atoms with Crippen LogP contribution in [0.1, 0.15) is 67.7 Å². The lowest BCUT2D eigenvalue weighted by molar-refractivity contribution is 0.158. The monoisotopic (exact) mass is 474 g/mol. The summed E-state index contributed by atoms with van der Waals surface area (Å²) in [5.41, 5.74) is 5.73. The van der Waals surface area contributed by atoms with Crippen LogP contribution < -0.4 is 5.32 Å². The van der Waals surface area contributed by atoms with Crippen molar-refractivity contribution < 1.29 is 4.79 Å². The molecule has 0 spiro atoms. The van der Waals surface area contributed by atoms with E-state index in [-0.39, 0.29) is 12.1 Å². The molecule has 0 heterocycles. The van der Waals surface area contributed by atoms with E-state index in [1.165, 1.54) is 16.7 Å². The summed E-state index contributed by atoms with van der Waals surface area (Å²) < 4.78 is 0. The number of carbonyl (C=O) groups is 1. The van der Waals surface area contributed by atoms with Crippen LogP contribution in [0, 0.1) is 0 Å². The van der Waals surface area contributed by atoms with Crippen LogP contribution in [-0.2, 0) is 19.4 Å². The van der Waals surface area contributed by atoms with Gasteiger partial charge in [-0.15, -0.1) is 0 Å². The van der Waals surface area contributed by atoms with Gasteiger partial charge in [0.2, 0.25) is 0 Å². The molecule has 1 fully saturated rings. The summed E-state index contributed by atoms with van der Waals surface area (Å²) >= 11 is 6.51. The molecule has 0 atom stereocenters. The number of benzene rings is 3. The zero-order valence-electron chi connectivity index (χ0n) is 20.3. The van der Waals surface area contributed by atoms with E-state index in [0.29, 0.717) is 17.5 Å². The molecule has 3 nitrogen and oxygen atoms in total. The largest absolute Gasteiger partial charge is 0.322 e. The van der Waals surface area contributed by atoms with Crippen molar-refractivity contribution >= 4 is 23.3 Å². The molecule has 178 valence electrons. The Labute approximate surface area is 209 Å². The summed E-state index contributed by atoms with van der Waals surface area (Å²) in [5.74, 6) is 0.565. The van der Waals surface area contributed by atoms with E-state index in [0.717, 1.165) is 49.8 Å². The summed E-state index contributed by atoms with van der Waals surface area (Å²) in [6.07, 6.45) is 5.94. The molecule has 0 aliphatic heterocycles. The summed E-state index contributed by atoms with van der Waals surface area (Å²) in [7, 11) is 0. The second-order valence-corrected chi connectivity index (χ2v) is 9.63. The molecule has 1 N–H and O–H groups in total. The first kappa shape index (κ1) is 24.3. The molecule has 1 saturated carbocycles. The smallest absolute Gasteiger partial charge is 0.317 e. The molecule has 0 aromatic heterocycles. The SMILES string of the molecule is CCc1cccc(CC)c1NC(=O)N(Cc1ccccc1Cl)C1CCC(c2ccccc2)CC1. The molecular formula is C30H35ClN2O. The first-order valence-electron chi connectivity index (χ1n) is 12.6. The minimum absolute atomic E-state index is 0.0290. The average Bonchev–Trinajstić information content (AvgIpc) is 2.89. The normalized spacial score (nSPS) is 17.9. The van der Waals surface area contributed by atoms with Crippen LogP contribution in [0.3, 0.4) is 0 Å². The molecule has 0 bridgehead atoms. The number of carbonyl (C=O) groups excluding carboxylic acids is 1. The van der Waals surface area contributed by atoms with E-state index < -0.39 is 0 Å². The molecule has 1 aliphatic carbocycles. The Balaban J connectivity index is 1.56. The van der Waals surface area contributed by atoms with E-state index in [9.17, 15) is 4.79 Å². The molecule has 34 heavy (non-hydrogen) atoms. The lowest BCUT2D eigenvalue weighted by Gasteiger charge is -2.37. The van der Waals surface area contributed by atoms with Gasteiger partial charge in [0.1, 0.15) is 0 Å². The van der Waals surface area contributed by atoms with Crippen molar-refractivity contribution in [3.63, 3.8) is 0 Å². The third-order valence-corrected chi connectivity index (χ3v) is 7.57. The van der Waals surface area contributed by atoms with Crippen LogP contribution in [0.4, 0.5) is 10.5 Å². The fraction of sp³-hybridized carbons (Fsp3) is 0.367. The van der Waals surface area contributed by atoms with Gasteiger partial charge in [0.05, 0.1) is 0 Å². The number of urea groups is 1. The molecule has 2 amide bonds. The number of para-hydroxylation sites is 1. The Bertz CT molecular complexity index is 1070. The van der Waals surface area contributed by atoms with Crippen molar-refractivity contribution in [1.29, 1.82) is 0 Å². The number of halogens is 1. The van der Waals surface area contributed by atoms with Gasteiger partial charge >= 0.3 is 6.03 Å².